The van der Waals surface area contributed by atoms with Crippen molar-refractivity contribution in [3.8, 4) is 0 Å². The van der Waals surface area contributed by atoms with E-state index in [2.05, 4.69) is 20.8 Å². The van der Waals surface area contributed by atoms with Crippen LogP contribution in [0.1, 0.15) is 91.4 Å². The third kappa shape index (κ3) is 3.16. The van der Waals surface area contributed by atoms with E-state index in [9.17, 15) is 9.90 Å². The molecule has 4 saturated carbocycles. The Morgan fingerprint density at radius 1 is 1.00 bits per heavy atom. The quantitative estimate of drug-likeness (QED) is 0.680. The lowest BCUT2D eigenvalue weighted by Gasteiger charge is -2.61. The summed E-state index contributed by atoms with van der Waals surface area (Å²) < 4.78 is 0. The van der Waals surface area contributed by atoms with Crippen LogP contribution in [0.2, 0.25) is 0 Å². The van der Waals surface area contributed by atoms with Crippen molar-refractivity contribution in [2.75, 3.05) is 0 Å². The smallest absolute Gasteiger partial charge is 0.303 e. The van der Waals surface area contributed by atoms with Crippen LogP contribution in [-0.4, -0.2) is 22.3 Å². The van der Waals surface area contributed by atoms with E-state index in [1.54, 1.807) is 0 Å². The molecule has 1 unspecified atom stereocenters. The Balaban J connectivity index is 1.51. The topological polar surface area (TPSA) is 57.5 Å². The Morgan fingerprint density at radius 2 is 1.70 bits per heavy atom. The largest absolute Gasteiger partial charge is 0.481 e. The summed E-state index contributed by atoms with van der Waals surface area (Å²) in [6.45, 7) is 7.43. The van der Waals surface area contributed by atoms with Crippen LogP contribution >= 0.6 is 0 Å². The van der Waals surface area contributed by atoms with Gasteiger partial charge in [0.25, 0.3) is 0 Å². The van der Waals surface area contributed by atoms with Crippen molar-refractivity contribution in [2.45, 2.75) is 97.5 Å². The summed E-state index contributed by atoms with van der Waals surface area (Å²) in [4.78, 5) is 11.0. The third-order valence-electron chi connectivity index (χ3n) is 10.2. The molecule has 27 heavy (non-hydrogen) atoms. The lowest BCUT2D eigenvalue weighted by atomic mass is 9.44. The zero-order valence-corrected chi connectivity index (χ0v) is 17.6. The molecule has 0 aromatic carbocycles. The molecule has 0 spiro atoms. The number of fused-ring (bicyclic) bond motifs is 5. The monoisotopic (exact) mass is 376 g/mol. The predicted octanol–water partition coefficient (Wildman–Crippen LogP) is 5.51. The van der Waals surface area contributed by atoms with Gasteiger partial charge in [-0.05, 0) is 111 Å². The van der Waals surface area contributed by atoms with E-state index in [0.717, 1.165) is 42.9 Å². The van der Waals surface area contributed by atoms with Gasteiger partial charge in [-0.1, -0.05) is 20.8 Å². The molecule has 9 atom stereocenters. The molecule has 0 aliphatic heterocycles. The van der Waals surface area contributed by atoms with Gasteiger partial charge in [0.1, 0.15) is 0 Å². The van der Waals surface area contributed by atoms with Gasteiger partial charge >= 0.3 is 5.97 Å². The van der Waals surface area contributed by atoms with Crippen LogP contribution in [0.3, 0.4) is 0 Å². The molecule has 3 heteroatoms. The van der Waals surface area contributed by atoms with Gasteiger partial charge in [0.05, 0.1) is 6.10 Å². The van der Waals surface area contributed by atoms with E-state index in [1.807, 2.05) is 0 Å². The molecule has 4 aliphatic carbocycles. The van der Waals surface area contributed by atoms with Crippen LogP contribution in [0.25, 0.3) is 0 Å². The number of carboxylic acids is 1. The second kappa shape index (κ2) is 7.04. The normalized spacial score (nSPS) is 50.4. The summed E-state index contributed by atoms with van der Waals surface area (Å²) in [6, 6.07) is 0. The molecule has 2 N–H and O–H groups in total. The molecule has 3 nitrogen and oxygen atoms in total. The zero-order chi connectivity index (χ0) is 19.4. The van der Waals surface area contributed by atoms with Crippen LogP contribution in [0, 0.1) is 46.3 Å². The Morgan fingerprint density at radius 3 is 2.44 bits per heavy atom. The second-order valence-corrected chi connectivity index (χ2v) is 11.2. The molecule has 4 aliphatic rings. The van der Waals surface area contributed by atoms with E-state index < -0.39 is 5.97 Å². The van der Waals surface area contributed by atoms with Gasteiger partial charge in [-0.15, -0.1) is 0 Å². The summed E-state index contributed by atoms with van der Waals surface area (Å²) in [5.74, 6) is 3.91. The number of hydrogen-bond donors (Lipinski definition) is 2. The van der Waals surface area contributed by atoms with Crippen LogP contribution in [0.15, 0.2) is 0 Å². The highest BCUT2D eigenvalue weighted by Gasteiger charge is 2.60. The summed E-state index contributed by atoms with van der Waals surface area (Å²) in [5.41, 5.74) is 0.882. The maximum atomic E-state index is 11.0. The number of hydrogen-bond acceptors (Lipinski definition) is 2. The standard InChI is InChI=1S/C24H40O3/c1-15(4-9-22(26)27)19-7-8-20-18-6-5-16-14-17(25)10-12-23(16,2)21(18)11-13-24(19,20)3/h15-21,25H,4-14H2,1-3H3,(H,26,27)/t15-,16?,17-,18+,19-,20+,21+,23+,24+/m1/s1. The second-order valence-electron chi connectivity index (χ2n) is 11.2. The molecule has 0 aromatic heterocycles. The Hall–Kier alpha value is -0.570. The summed E-state index contributed by atoms with van der Waals surface area (Å²) in [5, 5.41) is 19.3. The average Bonchev–Trinajstić information content (AvgIpc) is 2.97. The molecular weight excluding hydrogens is 336 g/mol. The van der Waals surface area contributed by atoms with Crippen molar-refractivity contribution in [1.82, 2.24) is 0 Å². The van der Waals surface area contributed by atoms with Gasteiger partial charge in [0, 0.05) is 6.42 Å². The highest BCUT2D eigenvalue weighted by atomic mass is 16.4. The van der Waals surface area contributed by atoms with Crippen LogP contribution in [0.5, 0.6) is 0 Å². The molecule has 154 valence electrons. The highest BCUT2D eigenvalue weighted by molar-refractivity contribution is 5.66. The van der Waals surface area contributed by atoms with Gasteiger partial charge in [-0.3, -0.25) is 4.79 Å². The first kappa shape index (κ1) is 19.7. The van der Waals surface area contributed by atoms with Crippen molar-refractivity contribution in [3.05, 3.63) is 0 Å². The summed E-state index contributed by atoms with van der Waals surface area (Å²) >= 11 is 0. The minimum absolute atomic E-state index is 0.0561. The van der Waals surface area contributed by atoms with Gasteiger partial charge in [0.2, 0.25) is 0 Å². The van der Waals surface area contributed by atoms with Gasteiger partial charge in [0.15, 0.2) is 0 Å². The van der Waals surface area contributed by atoms with E-state index in [1.165, 1.54) is 44.9 Å². The Bertz CT molecular complexity index is 574. The lowest BCUT2D eigenvalue weighted by Crippen LogP contribution is -2.54. The molecule has 0 amide bonds. The number of carbonyl (C=O) groups is 1. The molecule has 4 fully saturated rings. The molecule has 0 radical (unpaired) electrons. The van der Waals surface area contributed by atoms with Crippen molar-refractivity contribution in [1.29, 1.82) is 0 Å². The van der Waals surface area contributed by atoms with E-state index in [4.69, 9.17) is 5.11 Å². The zero-order valence-electron chi connectivity index (χ0n) is 17.6. The third-order valence-corrected chi connectivity index (χ3v) is 10.2. The Kier molecular flexibility index (Phi) is 5.15. The van der Waals surface area contributed by atoms with Crippen molar-refractivity contribution >= 4 is 5.97 Å². The van der Waals surface area contributed by atoms with E-state index in [0.29, 0.717) is 29.1 Å². The summed E-state index contributed by atoms with van der Waals surface area (Å²) in [7, 11) is 0. The highest BCUT2D eigenvalue weighted by Crippen LogP contribution is 2.68. The first-order valence-electron chi connectivity index (χ1n) is 11.7. The minimum Gasteiger partial charge on any atom is -0.481 e. The number of aliphatic hydroxyl groups excluding tert-OH is 1. The van der Waals surface area contributed by atoms with E-state index >= 15 is 0 Å². The SMILES string of the molecule is C[C@H](CCC(=O)O)[C@H]1CC[C@H]2[C@@H]3CCC4C[C@H](O)CC[C@]4(C)[C@H]3CC[C@@]12C. The molecule has 0 heterocycles. The number of rotatable bonds is 4. The minimum atomic E-state index is -0.643. The fraction of sp³-hybridized carbons (Fsp3) is 0.958. The number of aliphatic hydroxyl groups is 1. The van der Waals surface area contributed by atoms with Crippen LogP contribution < -0.4 is 0 Å². The fourth-order valence-corrected chi connectivity index (χ4v) is 8.76. The first-order valence-corrected chi connectivity index (χ1v) is 11.7. The molecule has 4 rings (SSSR count). The predicted molar refractivity (Wildman–Crippen MR) is 107 cm³/mol. The average molecular weight is 377 g/mol. The van der Waals surface area contributed by atoms with Gasteiger partial charge in [-0.2, -0.15) is 0 Å². The number of aliphatic carboxylic acids is 1. The number of carboxylic acid groups (broad SMARTS) is 1. The van der Waals surface area contributed by atoms with Crippen molar-refractivity contribution in [3.63, 3.8) is 0 Å². The summed E-state index contributed by atoms with van der Waals surface area (Å²) in [6.07, 6.45) is 12.4. The van der Waals surface area contributed by atoms with Crippen LogP contribution in [-0.2, 0) is 4.79 Å². The maximum Gasteiger partial charge on any atom is 0.303 e. The molecule has 0 saturated heterocycles. The molecular formula is C24H40O3. The van der Waals surface area contributed by atoms with Crippen molar-refractivity contribution in [2.24, 2.45) is 46.3 Å². The molecule has 0 aromatic rings. The van der Waals surface area contributed by atoms with E-state index in [-0.39, 0.29) is 6.10 Å². The Labute approximate surface area is 165 Å². The molecule has 0 bridgehead atoms. The maximum absolute atomic E-state index is 11.0. The van der Waals surface area contributed by atoms with Crippen molar-refractivity contribution < 1.29 is 15.0 Å². The van der Waals surface area contributed by atoms with Crippen LogP contribution in [0.4, 0.5) is 0 Å². The lowest BCUT2D eigenvalue weighted by molar-refractivity contribution is -0.138. The first-order chi connectivity index (χ1) is 12.8. The fourth-order valence-electron chi connectivity index (χ4n) is 8.76. The van der Waals surface area contributed by atoms with Gasteiger partial charge < -0.3 is 10.2 Å². The van der Waals surface area contributed by atoms with Gasteiger partial charge in [-0.25, -0.2) is 0 Å².